The van der Waals surface area contributed by atoms with Gasteiger partial charge in [0.25, 0.3) is 0 Å². The molecule has 1 atom stereocenters. The van der Waals surface area contributed by atoms with Crippen LogP contribution in [0, 0.1) is 0 Å². The van der Waals surface area contributed by atoms with Crippen LogP contribution in [0.4, 0.5) is 5.69 Å². The van der Waals surface area contributed by atoms with Crippen LogP contribution < -0.4 is 10.6 Å². The lowest BCUT2D eigenvalue weighted by Crippen LogP contribution is -2.54. The van der Waals surface area contributed by atoms with Gasteiger partial charge in [0.05, 0.1) is 23.8 Å². The molecule has 2 heterocycles. The van der Waals surface area contributed by atoms with Crippen molar-refractivity contribution in [3.63, 3.8) is 0 Å². The summed E-state index contributed by atoms with van der Waals surface area (Å²) in [5.41, 5.74) is 1.65. The highest BCUT2D eigenvalue weighted by molar-refractivity contribution is 6.02. The predicted octanol–water partition coefficient (Wildman–Crippen LogP) is 1.32. The average molecular weight is 369 g/mol. The number of hydrogen-bond donors (Lipinski definition) is 2. The summed E-state index contributed by atoms with van der Waals surface area (Å²) in [6, 6.07) is 9.33. The van der Waals surface area contributed by atoms with Gasteiger partial charge in [-0.1, -0.05) is 6.07 Å². The first-order valence-corrected chi connectivity index (χ1v) is 9.46. The molecule has 2 N–H and O–H groups in total. The van der Waals surface area contributed by atoms with Gasteiger partial charge in [-0.3, -0.25) is 24.4 Å². The molecule has 2 amide bonds. The van der Waals surface area contributed by atoms with E-state index in [9.17, 15) is 9.59 Å². The summed E-state index contributed by atoms with van der Waals surface area (Å²) in [6.45, 7) is 8.03. The summed E-state index contributed by atoms with van der Waals surface area (Å²) in [6.07, 6.45) is 1.75. The highest BCUT2D eigenvalue weighted by Gasteiger charge is 2.26. The quantitative estimate of drug-likeness (QED) is 0.803. The number of nitrogens with zero attached hydrogens (tertiary/aromatic N) is 3. The summed E-state index contributed by atoms with van der Waals surface area (Å²) in [7, 11) is 0. The van der Waals surface area contributed by atoms with Crippen molar-refractivity contribution in [1.82, 2.24) is 20.1 Å². The van der Waals surface area contributed by atoms with Crippen molar-refractivity contribution in [2.45, 2.75) is 19.9 Å². The Morgan fingerprint density at radius 3 is 2.67 bits per heavy atom. The number of hydrogen-bond acceptors (Lipinski definition) is 5. The normalized spacial score (nSPS) is 16.8. The van der Waals surface area contributed by atoms with E-state index in [-0.39, 0.29) is 17.9 Å². The number of nitrogens with one attached hydrogen (secondary N) is 2. The third-order valence-corrected chi connectivity index (χ3v) is 4.98. The molecule has 2 aromatic rings. The van der Waals surface area contributed by atoms with E-state index in [4.69, 9.17) is 0 Å². The van der Waals surface area contributed by atoms with Crippen molar-refractivity contribution >= 4 is 28.4 Å². The van der Waals surface area contributed by atoms with E-state index in [0.29, 0.717) is 13.1 Å². The number of pyridine rings is 1. The number of fused-ring (bicyclic) bond motifs is 1. The number of carbonyl (C=O) groups is 2. The van der Waals surface area contributed by atoms with Crippen LogP contribution in [0.1, 0.15) is 13.8 Å². The fraction of sp³-hybridized carbons (Fsp3) is 0.450. The van der Waals surface area contributed by atoms with E-state index in [1.807, 2.05) is 44.2 Å². The second kappa shape index (κ2) is 8.92. The lowest BCUT2D eigenvalue weighted by molar-refractivity contribution is -0.124. The van der Waals surface area contributed by atoms with Gasteiger partial charge in [-0.2, -0.15) is 0 Å². The third-order valence-electron chi connectivity index (χ3n) is 4.98. The van der Waals surface area contributed by atoms with Gasteiger partial charge in [-0.15, -0.1) is 0 Å². The molecule has 0 bridgehead atoms. The Hall–Kier alpha value is -2.51. The van der Waals surface area contributed by atoms with Gasteiger partial charge in [0.1, 0.15) is 0 Å². The Morgan fingerprint density at radius 2 is 1.93 bits per heavy atom. The molecule has 1 saturated heterocycles. The van der Waals surface area contributed by atoms with E-state index in [1.54, 1.807) is 6.20 Å². The molecule has 0 unspecified atom stereocenters. The highest BCUT2D eigenvalue weighted by Crippen LogP contribution is 2.21. The van der Waals surface area contributed by atoms with Crippen molar-refractivity contribution in [2.75, 3.05) is 44.6 Å². The summed E-state index contributed by atoms with van der Waals surface area (Å²) in [5, 5.41) is 6.80. The smallest absolute Gasteiger partial charge is 0.241 e. The summed E-state index contributed by atoms with van der Waals surface area (Å²) in [5.74, 6) is 0.0323. The second-order valence-electron chi connectivity index (χ2n) is 6.81. The molecule has 1 aromatic carbocycles. The Bertz CT molecular complexity index is 797. The van der Waals surface area contributed by atoms with Crippen LogP contribution >= 0.6 is 0 Å². The Morgan fingerprint density at radius 1 is 1.15 bits per heavy atom. The molecular formula is C20H27N5O2. The van der Waals surface area contributed by atoms with Crippen molar-refractivity contribution in [2.24, 2.45) is 0 Å². The predicted molar refractivity (Wildman–Crippen MR) is 107 cm³/mol. The van der Waals surface area contributed by atoms with Crippen molar-refractivity contribution in [1.29, 1.82) is 0 Å². The van der Waals surface area contributed by atoms with Gasteiger partial charge in [0.2, 0.25) is 11.8 Å². The van der Waals surface area contributed by atoms with Crippen molar-refractivity contribution in [3.05, 3.63) is 36.5 Å². The first-order chi connectivity index (χ1) is 13.1. The molecule has 27 heavy (non-hydrogen) atoms. The standard InChI is InChI=1S/C20H27N5O2/c1-3-21-19(26)14-24-10-12-25(13-11-24)15(2)20(27)23-18-8-4-7-17-16(18)6-5-9-22-17/h4-9,15H,3,10-14H2,1-2H3,(H,21,26)(H,23,27)/t15-/m0/s1. The maximum Gasteiger partial charge on any atom is 0.241 e. The largest absolute Gasteiger partial charge is 0.355 e. The minimum Gasteiger partial charge on any atom is -0.355 e. The molecule has 7 heteroatoms. The molecule has 1 fully saturated rings. The lowest BCUT2D eigenvalue weighted by atomic mass is 10.1. The summed E-state index contributed by atoms with van der Waals surface area (Å²) >= 11 is 0. The number of piperazine rings is 1. The first-order valence-electron chi connectivity index (χ1n) is 9.46. The van der Waals surface area contributed by atoms with Crippen molar-refractivity contribution < 1.29 is 9.59 Å². The monoisotopic (exact) mass is 369 g/mol. The van der Waals surface area contributed by atoms with Crippen LogP contribution in [0.15, 0.2) is 36.5 Å². The Balaban J connectivity index is 1.56. The van der Waals surface area contributed by atoms with E-state index in [0.717, 1.165) is 42.8 Å². The van der Waals surface area contributed by atoms with Crippen LogP contribution in [0.2, 0.25) is 0 Å². The fourth-order valence-corrected chi connectivity index (χ4v) is 3.38. The van der Waals surface area contributed by atoms with Crippen molar-refractivity contribution in [3.8, 4) is 0 Å². The highest BCUT2D eigenvalue weighted by atomic mass is 16.2. The molecule has 1 aliphatic heterocycles. The zero-order valence-corrected chi connectivity index (χ0v) is 15.9. The molecule has 0 aliphatic carbocycles. The van der Waals surface area contributed by atoms with Crippen LogP contribution in [0.3, 0.4) is 0 Å². The Kier molecular flexibility index (Phi) is 6.36. The number of likely N-dealkylation sites (N-methyl/N-ethyl adjacent to an activating group) is 1. The molecule has 0 spiro atoms. The van der Waals surface area contributed by atoms with E-state index in [1.165, 1.54) is 0 Å². The van der Waals surface area contributed by atoms with E-state index in [2.05, 4.69) is 25.4 Å². The van der Waals surface area contributed by atoms with E-state index >= 15 is 0 Å². The molecule has 0 saturated carbocycles. The molecule has 3 rings (SSSR count). The molecule has 1 aliphatic rings. The molecule has 1 aromatic heterocycles. The van der Waals surface area contributed by atoms with E-state index < -0.39 is 0 Å². The molecule has 7 nitrogen and oxygen atoms in total. The molecule has 144 valence electrons. The fourth-order valence-electron chi connectivity index (χ4n) is 3.38. The maximum absolute atomic E-state index is 12.7. The second-order valence-corrected chi connectivity index (χ2v) is 6.81. The number of amides is 2. The third kappa shape index (κ3) is 4.81. The number of carbonyl (C=O) groups excluding carboxylic acids is 2. The van der Waals surface area contributed by atoms with Gasteiger partial charge in [0, 0.05) is 44.3 Å². The first kappa shape index (κ1) is 19.3. The van der Waals surface area contributed by atoms with Gasteiger partial charge in [-0.25, -0.2) is 0 Å². The maximum atomic E-state index is 12.7. The summed E-state index contributed by atoms with van der Waals surface area (Å²) in [4.78, 5) is 33.1. The minimum absolute atomic E-state index is 0.0245. The molecular weight excluding hydrogens is 342 g/mol. The number of rotatable bonds is 6. The van der Waals surface area contributed by atoms with Gasteiger partial charge in [-0.05, 0) is 38.1 Å². The van der Waals surface area contributed by atoms with Gasteiger partial charge < -0.3 is 10.6 Å². The minimum atomic E-state index is -0.233. The van der Waals surface area contributed by atoms with Crippen LogP contribution in [0.5, 0.6) is 0 Å². The number of anilines is 1. The van der Waals surface area contributed by atoms with Crippen LogP contribution in [-0.4, -0.2) is 71.9 Å². The Labute approximate surface area is 159 Å². The van der Waals surface area contributed by atoms with Gasteiger partial charge >= 0.3 is 0 Å². The van der Waals surface area contributed by atoms with Gasteiger partial charge in [0.15, 0.2) is 0 Å². The number of benzene rings is 1. The zero-order valence-electron chi connectivity index (χ0n) is 15.9. The average Bonchev–Trinajstić information content (AvgIpc) is 2.68. The van der Waals surface area contributed by atoms with Crippen LogP contribution in [-0.2, 0) is 9.59 Å². The topological polar surface area (TPSA) is 77.6 Å². The SMILES string of the molecule is CCNC(=O)CN1CCN([C@@H](C)C(=O)Nc2cccc3ncccc23)CC1. The number of aromatic nitrogens is 1. The zero-order chi connectivity index (χ0) is 19.2. The molecule has 0 radical (unpaired) electrons. The van der Waals surface area contributed by atoms with Crippen LogP contribution in [0.25, 0.3) is 10.9 Å². The summed E-state index contributed by atoms with van der Waals surface area (Å²) < 4.78 is 0. The lowest BCUT2D eigenvalue weighted by Gasteiger charge is -2.37.